The average molecular weight is 461 g/mol. The van der Waals surface area contributed by atoms with Crippen molar-refractivity contribution in [3.63, 3.8) is 0 Å². The predicted molar refractivity (Wildman–Crippen MR) is 142 cm³/mol. The van der Waals surface area contributed by atoms with Crippen LogP contribution >= 0.6 is 0 Å². The minimum atomic E-state index is -0.283. The minimum Gasteiger partial charge on any atom is -0.361 e. The van der Waals surface area contributed by atoms with Crippen LogP contribution in [0.5, 0.6) is 0 Å². The largest absolute Gasteiger partial charge is 0.361 e. The summed E-state index contributed by atoms with van der Waals surface area (Å²) in [4.78, 5) is 19.9. The number of para-hydroxylation sites is 1. The van der Waals surface area contributed by atoms with Gasteiger partial charge < -0.3 is 9.88 Å². The molecule has 2 aliphatic carbocycles. The van der Waals surface area contributed by atoms with E-state index in [0.29, 0.717) is 17.8 Å². The van der Waals surface area contributed by atoms with Crippen molar-refractivity contribution in [1.29, 1.82) is 0 Å². The number of hydrogen-bond donors (Lipinski definition) is 1. The van der Waals surface area contributed by atoms with E-state index in [1.807, 2.05) is 36.4 Å². The van der Waals surface area contributed by atoms with Crippen LogP contribution in [0.3, 0.4) is 0 Å². The lowest BCUT2D eigenvalue weighted by Gasteiger charge is -2.32. The van der Waals surface area contributed by atoms with Gasteiger partial charge in [0.25, 0.3) is 0 Å². The number of rotatable bonds is 8. The predicted octanol–water partition coefficient (Wildman–Crippen LogP) is 6.58. The molecule has 1 fully saturated rings. The van der Waals surface area contributed by atoms with Crippen LogP contribution in [0.1, 0.15) is 35.4 Å². The van der Waals surface area contributed by atoms with E-state index in [1.54, 1.807) is 0 Å². The Hall–Kier alpha value is -3.59. The lowest BCUT2D eigenvalue weighted by molar-refractivity contribution is -0.132. The van der Waals surface area contributed by atoms with E-state index in [0.717, 1.165) is 36.2 Å². The Morgan fingerprint density at radius 1 is 0.857 bits per heavy atom. The van der Waals surface area contributed by atoms with Gasteiger partial charge in [-0.05, 0) is 59.8 Å². The van der Waals surface area contributed by atoms with Gasteiger partial charge in [-0.3, -0.25) is 4.79 Å². The van der Waals surface area contributed by atoms with Crippen molar-refractivity contribution in [3.8, 4) is 0 Å². The van der Waals surface area contributed by atoms with E-state index in [1.165, 1.54) is 23.8 Å². The Morgan fingerprint density at radius 2 is 1.54 bits per heavy atom. The zero-order valence-corrected chi connectivity index (χ0v) is 20.0. The summed E-state index contributed by atoms with van der Waals surface area (Å²) in [5.41, 5.74) is 4.56. The number of benzene rings is 3. The highest BCUT2D eigenvalue weighted by molar-refractivity contribution is 5.87. The van der Waals surface area contributed by atoms with Crippen molar-refractivity contribution in [2.24, 2.45) is 17.8 Å². The normalized spacial score (nSPS) is 20.7. The molecule has 1 amide bonds. The molecular formula is C32H32N2O. The van der Waals surface area contributed by atoms with Crippen LogP contribution in [0.25, 0.3) is 10.9 Å². The van der Waals surface area contributed by atoms with Crippen molar-refractivity contribution >= 4 is 16.8 Å². The van der Waals surface area contributed by atoms with E-state index in [-0.39, 0.29) is 11.8 Å². The first-order chi connectivity index (χ1) is 17.3. The molecule has 1 heterocycles. The van der Waals surface area contributed by atoms with Crippen LogP contribution in [-0.2, 0) is 11.2 Å². The van der Waals surface area contributed by atoms with Gasteiger partial charge in [0.05, 0.1) is 5.92 Å². The van der Waals surface area contributed by atoms with Gasteiger partial charge in [0, 0.05) is 30.2 Å². The summed E-state index contributed by atoms with van der Waals surface area (Å²) < 4.78 is 0. The highest BCUT2D eigenvalue weighted by Crippen LogP contribution is 2.44. The maximum atomic E-state index is 14.4. The van der Waals surface area contributed by atoms with Gasteiger partial charge in [-0.15, -0.1) is 0 Å². The Labute approximate surface area is 207 Å². The minimum absolute atomic E-state index is 0.217. The molecule has 3 atom stereocenters. The van der Waals surface area contributed by atoms with Crippen LogP contribution in [0.4, 0.5) is 0 Å². The van der Waals surface area contributed by atoms with E-state index in [9.17, 15) is 4.79 Å². The molecule has 3 aromatic carbocycles. The fraction of sp³-hybridized carbons (Fsp3) is 0.281. The molecule has 3 heteroatoms. The maximum absolute atomic E-state index is 14.4. The maximum Gasteiger partial charge on any atom is 0.234 e. The zero-order valence-electron chi connectivity index (χ0n) is 20.0. The number of nitrogens with zero attached hydrogens (tertiary/aromatic N) is 1. The van der Waals surface area contributed by atoms with Crippen LogP contribution < -0.4 is 0 Å². The first-order valence-corrected chi connectivity index (χ1v) is 12.9. The van der Waals surface area contributed by atoms with Crippen LogP contribution in [0.2, 0.25) is 0 Å². The molecule has 0 radical (unpaired) electrons. The third-order valence-electron chi connectivity index (χ3n) is 8.02. The second-order valence-electron chi connectivity index (χ2n) is 10.2. The smallest absolute Gasteiger partial charge is 0.234 e. The Bertz CT molecular complexity index is 1280. The number of aromatic nitrogens is 1. The van der Waals surface area contributed by atoms with Crippen LogP contribution in [0, 0.1) is 17.8 Å². The summed E-state index contributed by atoms with van der Waals surface area (Å²) in [5, 5.41) is 1.26. The lowest BCUT2D eigenvalue weighted by Crippen LogP contribution is -2.41. The number of carbonyl (C=O) groups is 1. The van der Waals surface area contributed by atoms with Gasteiger partial charge in [0.2, 0.25) is 5.91 Å². The summed E-state index contributed by atoms with van der Waals surface area (Å²) in [5.74, 6) is 1.82. The number of aromatic amines is 1. The molecule has 0 aliphatic heterocycles. The van der Waals surface area contributed by atoms with E-state index in [4.69, 9.17) is 0 Å². The molecule has 2 bridgehead atoms. The standard InChI is InChI=1S/C32H32N2O/c35-32(31(24-9-3-1-4-10-24)25-11-5-2-6-12-25)34(22-28-20-23-15-16-26(28)19-23)18-17-27-21-33-30-14-8-7-13-29(27)30/h1-16,21,23,26,28,31,33H,17-20,22H2. The van der Waals surface area contributed by atoms with Crippen molar-refractivity contribution in [2.45, 2.75) is 25.2 Å². The summed E-state index contributed by atoms with van der Waals surface area (Å²) in [6, 6.07) is 29.0. The van der Waals surface area contributed by atoms with Crippen molar-refractivity contribution in [2.75, 3.05) is 13.1 Å². The first kappa shape index (κ1) is 21.9. The number of allylic oxidation sites excluding steroid dienone is 2. The fourth-order valence-corrected chi connectivity index (χ4v) is 6.22. The van der Waals surface area contributed by atoms with Crippen LogP contribution in [-0.4, -0.2) is 28.9 Å². The number of hydrogen-bond acceptors (Lipinski definition) is 1. The monoisotopic (exact) mass is 460 g/mol. The highest BCUT2D eigenvalue weighted by Gasteiger charge is 2.38. The summed E-state index contributed by atoms with van der Waals surface area (Å²) in [7, 11) is 0. The van der Waals surface area contributed by atoms with E-state index < -0.39 is 0 Å². The molecule has 176 valence electrons. The number of amides is 1. The molecule has 1 aromatic heterocycles. The van der Waals surface area contributed by atoms with Gasteiger partial charge in [-0.25, -0.2) is 0 Å². The lowest BCUT2D eigenvalue weighted by atomic mass is 9.88. The molecule has 1 saturated carbocycles. The van der Waals surface area contributed by atoms with Crippen molar-refractivity contribution in [1.82, 2.24) is 9.88 Å². The summed E-state index contributed by atoms with van der Waals surface area (Å²) in [6.45, 7) is 1.57. The molecule has 0 saturated heterocycles. The van der Waals surface area contributed by atoms with Crippen molar-refractivity contribution in [3.05, 3.63) is 120 Å². The average Bonchev–Trinajstić information content (AvgIpc) is 3.64. The number of carbonyl (C=O) groups excluding carboxylic acids is 1. The Balaban J connectivity index is 1.31. The first-order valence-electron chi connectivity index (χ1n) is 12.9. The number of fused-ring (bicyclic) bond motifs is 3. The second-order valence-corrected chi connectivity index (χ2v) is 10.2. The van der Waals surface area contributed by atoms with Gasteiger partial charge >= 0.3 is 0 Å². The molecule has 4 aromatic rings. The Kier molecular flexibility index (Phi) is 5.99. The van der Waals surface area contributed by atoms with Gasteiger partial charge in [-0.1, -0.05) is 91.0 Å². The molecule has 35 heavy (non-hydrogen) atoms. The van der Waals surface area contributed by atoms with E-state index >= 15 is 0 Å². The third-order valence-corrected chi connectivity index (χ3v) is 8.02. The molecule has 0 spiro atoms. The SMILES string of the molecule is O=C(C(c1ccccc1)c1ccccc1)N(CCc1c[nH]c2ccccc12)CC1CC2C=CC1C2. The Morgan fingerprint density at radius 3 is 2.20 bits per heavy atom. The summed E-state index contributed by atoms with van der Waals surface area (Å²) >= 11 is 0. The van der Waals surface area contributed by atoms with E-state index in [2.05, 4.69) is 76.8 Å². The number of H-pyrrole nitrogens is 1. The van der Waals surface area contributed by atoms with Crippen molar-refractivity contribution < 1.29 is 4.79 Å². The van der Waals surface area contributed by atoms with Gasteiger partial charge in [-0.2, -0.15) is 0 Å². The van der Waals surface area contributed by atoms with Gasteiger partial charge in [0.1, 0.15) is 0 Å². The molecule has 3 nitrogen and oxygen atoms in total. The molecule has 6 rings (SSSR count). The quantitative estimate of drug-likeness (QED) is 0.296. The third kappa shape index (κ3) is 4.43. The highest BCUT2D eigenvalue weighted by atomic mass is 16.2. The summed E-state index contributed by atoms with van der Waals surface area (Å²) in [6.07, 6.45) is 10.2. The second kappa shape index (κ2) is 9.58. The topological polar surface area (TPSA) is 36.1 Å². The van der Waals surface area contributed by atoms with Gasteiger partial charge in [0.15, 0.2) is 0 Å². The molecular weight excluding hydrogens is 428 g/mol. The number of nitrogens with one attached hydrogen (secondary N) is 1. The molecule has 2 aliphatic rings. The molecule has 3 unspecified atom stereocenters. The van der Waals surface area contributed by atoms with Crippen LogP contribution in [0.15, 0.2) is 103 Å². The zero-order chi connectivity index (χ0) is 23.6. The fourth-order valence-electron chi connectivity index (χ4n) is 6.22. The molecule has 1 N–H and O–H groups in total.